The summed E-state index contributed by atoms with van der Waals surface area (Å²) in [6, 6.07) is 11.0. The van der Waals surface area contributed by atoms with E-state index in [0.29, 0.717) is 18.9 Å². The molecule has 3 heterocycles. The second kappa shape index (κ2) is 9.18. The van der Waals surface area contributed by atoms with Gasteiger partial charge < -0.3 is 10.1 Å². The number of carbonyl (C=O) groups is 1. The fourth-order valence-electron chi connectivity index (χ4n) is 4.22. The summed E-state index contributed by atoms with van der Waals surface area (Å²) in [6.07, 6.45) is 6.56. The van der Waals surface area contributed by atoms with Gasteiger partial charge in [0.1, 0.15) is 0 Å². The number of nitrogens with one attached hydrogen (secondary N) is 1. The molecule has 146 valence electrons. The first-order chi connectivity index (χ1) is 13.3. The molecule has 27 heavy (non-hydrogen) atoms. The number of benzene rings is 1. The second-order valence-corrected chi connectivity index (χ2v) is 9.12. The predicted octanol–water partition coefficient (Wildman–Crippen LogP) is 4.19. The molecule has 2 fully saturated rings. The summed E-state index contributed by atoms with van der Waals surface area (Å²) in [7, 11) is 0. The van der Waals surface area contributed by atoms with Crippen molar-refractivity contribution in [3.05, 3.63) is 35.2 Å². The Morgan fingerprint density at radius 2 is 2.07 bits per heavy atom. The van der Waals surface area contributed by atoms with Crippen molar-refractivity contribution in [3.8, 4) is 0 Å². The van der Waals surface area contributed by atoms with Crippen LogP contribution in [0.4, 0.5) is 0 Å². The number of ether oxygens (including phenoxy) is 1. The highest BCUT2D eigenvalue weighted by Gasteiger charge is 2.21. The van der Waals surface area contributed by atoms with Gasteiger partial charge in [-0.3, -0.25) is 9.69 Å². The molecule has 2 saturated heterocycles. The average molecular weight is 387 g/mol. The summed E-state index contributed by atoms with van der Waals surface area (Å²) < 4.78 is 6.94. The van der Waals surface area contributed by atoms with Gasteiger partial charge in [0.15, 0.2) is 0 Å². The van der Waals surface area contributed by atoms with Crippen LogP contribution in [0, 0.1) is 5.92 Å². The van der Waals surface area contributed by atoms with Gasteiger partial charge >= 0.3 is 0 Å². The Morgan fingerprint density at radius 3 is 2.85 bits per heavy atom. The first-order valence-corrected chi connectivity index (χ1v) is 11.2. The molecule has 0 spiro atoms. The number of thiophene rings is 1. The molecule has 2 aromatic rings. The Labute approximate surface area is 165 Å². The average Bonchev–Trinajstić information content (AvgIpc) is 3.35. The number of rotatable bonds is 7. The Kier molecular flexibility index (Phi) is 6.43. The smallest absolute Gasteiger partial charge is 0.220 e. The van der Waals surface area contributed by atoms with Crippen LogP contribution in [0.25, 0.3) is 10.1 Å². The molecule has 1 aromatic heterocycles. The number of nitrogens with zero attached hydrogens (tertiary/aromatic N) is 1. The topological polar surface area (TPSA) is 41.6 Å². The number of hydrogen-bond donors (Lipinski definition) is 1. The molecule has 1 aromatic carbocycles. The highest BCUT2D eigenvalue weighted by atomic mass is 32.1. The monoisotopic (exact) mass is 386 g/mol. The van der Waals surface area contributed by atoms with E-state index in [1.165, 1.54) is 27.8 Å². The molecule has 1 atom stereocenters. The van der Waals surface area contributed by atoms with Gasteiger partial charge in [-0.05, 0) is 68.6 Å². The molecule has 1 unspecified atom stereocenters. The van der Waals surface area contributed by atoms with Crippen LogP contribution in [-0.4, -0.2) is 43.2 Å². The van der Waals surface area contributed by atoms with Crippen LogP contribution < -0.4 is 5.32 Å². The molecule has 5 heteroatoms. The maximum Gasteiger partial charge on any atom is 0.220 e. The Balaban J connectivity index is 1.15. The van der Waals surface area contributed by atoms with Gasteiger partial charge in [-0.25, -0.2) is 0 Å². The highest BCUT2D eigenvalue weighted by molar-refractivity contribution is 7.19. The lowest BCUT2D eigenvalue weighted by molar-refractivity contribution is -0.122. The molecule has 0 bridgehead atoms. The molecule has 2 aliphatic rings. The maximum atomic E-state index is 12.1. The molecule has 0 radical (unpaired) electrons. The highest BCUT2D eigenvalue weighted by Crippen LogP contribution is 2.28. The summed E-state index contributed by atoms with van der Waals surface area (Å²) >= 11 is 1.92. The summed E-state index contributed by atoms with van der Waals surface area (Å²) in [5.74, 6) is 0.885. The lowest BCUT2D eigenvalue weighted by Gasteiger charge is -2.31. The SMILES string of the molecule is O=C(CCC1CCN(Cc2cc3ccccc3s2)CC1)NCC1CCCO1. The van der Waals surface area contributed by atoms with Gasteiger partial charge in [0.25, 0.3) is 0 Å². The van der Waals surface area contributed by atoms with E-state index in [4.69, 9.17) is 4.74 Å². The van der Waals surface area contributed by atoms with Crippen LogP contribution in [0.3, 0.4) is 0 Å². The third kappa shape index (κ3) is 5.31. The summed E-state index contributed by atoms with van der Waals surface area (Å²) in [5, 5.41) is 4.41. The number of piperidine rings is 1. The first kappa shape index (κ1) is 18.9. The summed E-state index contributed by atoms with van der Waals surface area (Å²) in [6.45, 7) is 4.90. The van der Waals surface area contributed by atoms with E-state index in [1.807, 2.05) is 11.3 Å². The van der Waals surface area contributed by atoms with Crippen LogP contribution in [-0.2, 0) is 16.1 Å². The van der Waals surface area contributed by atoms with Gasteiger partial charge in [0, 0.05) is 35.7 Å². The Bertz CT molecular complexity index is 713. The normalized spacial score (nSPS) is 21.7. The van der Waals surface area contributed by atoms with Crippen molar-refractivity contribution in [2.75, 3.05) is 26.2 Å². The van der Waals surface area contributed by atoms with E-state index < -0.39 is 0 Å². The lowest BCUT2D eigenvalue weighted by atomic mass is 9.92. The predicted molar refractivity (Wildman–Crippen MR) is 111 cm³/mol. The third-order valence-electron chi connectivity index (χ3n) is 5.89. The van der Waals surface area contributed by atoms with E-state index in [2.05, 4.69) is 40.5 Å². The van der Waals surface area contributed by atoms with Gasteiger partial charge in [-0.15, -0.1) is 11.3 Å². The van der Waals surface area contributed by atoms with E-state index in [1.54, 1.807) is 0 Å². The largest absolute Gasteiger partial charge is 0.376 e. The number of carbonyl (C=O) groups excluding carboxylic acids is 1. The first-order valence-electron chi connectivity index (χ1n) is 10.3. The van der Waals surface area contributed by atoms with Crippen molar-refractivity contribution in [3.63, 3.8) is 0 Å². The van der Waals surface area contributed by atoms with E-state index >= 15 is 0 Å². The van der Waals surface area contributed by atoms with Gasteiger partial charge in [0.2, 0.25) is 5.91 Å². The van der Waals surface area contributed by atoms with Crippen LogP contribution in [0.2, 0.25) is 0 Å². The minimum atomic E-state index is 0.193. The standard InChI is InChI=1S/C22H30N2O2S/c25-22(23-15-19-5-3-13-26-19)8-7-17-9-11-24(12-10-17)16-20-14-18-4-1-2-6-21(18)27-20/h1-2,4,6,14,17,19H,3,5,7-13,15-16H2,(H,23,25). The van der Waals surface area contributed by atoms with Crippen LogP contribution in [0.1, 0.15) is 43.4 Å². The van der Waals surface area contributed by atoms with E-state index in [0.717, 1.165) is 45.5 Å². The Hall–Kier alpha value is -1.43. The number of fused-ring (bicyclic) bond motifs is 1. The molecule has 0 saturated carbocycles. The third-order valence-corrected chi connectivity index (χ3v) is 6.99. The molecular formula is C22H30N2O2S. The summed E-state index contributed by atoms with van der Waals surface area (Å²) in [4.78, 5) is 16.1. The van der Waals surface area contributed by atoms with Crippen molar-refractivity contribution < 1.29 is 9.53 Å². The van der Waals surface area contributed by atoms with Gasteiger partial charge in [-0.2, -0.15) is 0 Å². The van der Waals surface area contributed by atoms with Crippen LogP contribution in [0.5, 0.6) is 0 Å². The van der Waals surface area contributed by atoms with E-state index in [9.17, 15) is 4.79 Å². The van der Waals surface area contributed by atoms with Gasteiger partial charge in [0.05, 0.1) is 6.10 Å². The zero-order valence-electron chi connectivity index (χ0n) is 16.0. The van der Waals surface area contributed by atoms with E-state index in [-0.39, 0.29) is 12.0 Å². The van der Waals surface area contributed by atoms with Crippen LogP contribution in [0.15, 0.2) is 30.3 Å². The van der Waals surface area contributed by atoms with Gasteiger partial charge in [-0.1, -0.05) is 18.2 Å². The molecule has 1 N–H and O–H groups in total. The fourth-order valence-corrected chi connectivity index (χ4v) is 5.33. The number of hydrogen-bond acceptors (Lipinski definition) is 4. The second-order valence-electron chi connectivity index (χ2n) is 7.95. The molecule has 2 aliphatic heterocycles. The zero-order chi connectivity index (χ0) is 18.5. The van der Waals surface area contributed by atoms with Crippen molar-refractivity contribution >= 4 is 27.3 Å². The molecule has 4 nitrogen and oxygen atoms in total. The zero-order valence-corrected chi connectivity index (χ0v) is 16.8. The quantitative estimate of drug-likeness (QED) is 0.776. The van der Waals surface area contributed by atoms with Crippen molar-refractivity contribution in [1.82, 2.24) is 10.2 Å². The molecule has 1 amide bonds. The van der Waals surface area contributed by atoms with Crippen molar-refractivity contribution in [2.45, 2.75) is 51.2 Å². The maximum absolute atomic E-state index is 12.1. The number of likely N-dealkylation sites (tertiary alicyclic amines) is 1. The fraction of sp³-hybridized carbons (Fsp3) is 0.591. The molecule has 4 rings (SSSR count). The number of amides is 1. The minimum absolute atomic E-state index is 0.193. The van der Waals surface area contributed by atoms with Crippen molar-refractivity contribution in [2.24, 2.45) is 5.92 Å². The summed E-state index contributed by atoms with van der Waals surface area (Å²) in [5.41, 5.74) is 0. The van der Waals surface area contributed by atoms with Crippen molar-refractivity contribution in [1.29, 1.82) is 0 Å². The molecule has 0 aliphatic carbocycles. The lowest BCUT2D eigenvalue weighted by Crippen LogP contribution is -2.34. The van der Waals surface area contributed by atoms with Crippen LogP contribution >= 0.6 is 11.3 Å². The molecular weight excluding hydrogens is 356 g/mol. The Morgan fingerprint density at radius 1 is 1.22 bits per heavy atom. The minimum Gasteiger partial charge on any atom is -0.376 e.